The highest BCUT2D eigenvalue weighted by Crippen LogP contribution is 2.41. The molecule has 0 aromatic heterocycles. The molecule has 2 rings (SSSR count). The van der Waals surface area contributed by atoms with Gasteiger partial charge in [0.15, 0.2) is 0 Å². The van der Waals surface area contributed by atoms with Gasteiger partial charge >= 0.3 is 6.18 Å². The SMILES string of the molecule is CC1CCCCC1(N)c1ccc(F)c(C(F)(F)F)c1. The Labute approximate surface area is 109 Å². The van der Waals surface area contributed by atoms with Crippen molar-refractivity contribution in [3.63, 3.8) is 0 Å². The maximum absolute atomic E-state index is 13.3. The third-order valence-corrected chi connectivity index (χ3v) is 4.17. The first kappa shape index (κ1) is 14.3. The molecule has 0 radical (unpaired) electrons. The van der Waals surface area contributed by atoms with Crippen molar-refractivity contribution in [3.05, 3.63) is 35.1 Å². The molecule has 0 spiro atoms. The highest BCUT2D eigenvalue weighted by molar-refractivity contribution is 5.33. The van der Waals surface area contributed by atoms with Gasteiger partial charge in [0.05, 0.1) is 5.56 Å². The van der Waals surface area contributed by atoms with Crippen molar-refractivity contribution in [2.24, 2.45) is 11.7 Å². The fourth-order valence-electron chi connectivity index (χ4n) is 2.83. The van der Waals surface area contributed by atoms with Gasteiger partial charge in [0, 0.05) is 5.54 Å². The number of hydrogen-bond donors (Lipinski definition) is 1. The first-order chi connectivity index (χ1) is 8.75. The number of hydrogen-bond acceptors (Lipinski definition) is 1. The van der Waals surface area contributed by atoms with Gasteiger partial charge in [0.2, 0.25) is 0 Å². The van der Waals surface area contributed by atoms with E-state index in [4.69, 9.17) is 5.73 Å². The van der Waals surface area contributed by atoms with Crippen LogP contribution in [0.2, 0.25) is 0 Å². The van der Waals surface area contributed by atoms with Crippen molar-refractivity contribution in [2.45, 2.75) is 44.3 Å². The number of nitrogens with two attached hydrogens (primary N) is 1. The molecule has 1 aromatic rings. The van der Waals surface area contributed by atoms with E-state index in [1.165, 1.54) is 6.07 Å². The van der Waals surface area contributed by atoms with Gasteiger partial charge in [-0.1, -0.05) is 25.8 Å². The molecule has 0 saturated heterocycles. The molecule has 0 amide bonds. The van der Waals surface area contributed by atoms with Gasteiger partial charge in [-0.15, -0.1) is 0 Å². The lowest BCUT2D eigenvalue weighted by Crippen LogP contribution is -2.45. The van der Waals surface area contributed by atoms with Crippen molar-refractivity contribution in [3.8, 4) is 0 Å². The molecule has 0 bridgehead atoms. The molecule has 1 aliphatic carbocycles. The van der Waals surface area contributed by atoms with Crippen LogP contribution in [0.1, 0.15) is 43.7 Å². The van der Waals surface area contributed by atoms with Gasteiger partial charge in [0.25, 0.3) is 0 Å². The van der Waals surface area contributed by atoms with E-state index in [1.54, 1.807) is 0 Å². The zero-order valence-electron chi connectivity index (χ0n) is 10.7. The van der Waals surface area contributed by atoms with Crippen molar-refractivity contribution < 1.29 is 17.6 Å². The monoisotopic (exact) mass is 275 g/mol. The van der Waals surface area contributed by atoms with Crippen molar-refractivity contribution in [1.82, 2.24) is 0 Å². The fourth-order valence-corrected chi connectivity index (χ4v) is 2.83. The van der Waals surface area contributed by atoms with E-state index in [9.17, 15) is 17.6 Å². The largest absolute Gasteiger partial charge is 0.419 e. The van der Waals surface area contributed by atoms with Crippen LogP contribution >= 0.6 is 0 Å². The molecule has 106 valence electrons. The molecule has 1 aliphatic rings. The van der Waals surface area contributed by atoms with Crippen LogP contribution in [0.4, 0.5) is 17.6 Å². The summed E-state index contributed by atoms with van der Waals surface area (Å²) in [5, 5.41) is 0. The normalized spacial score (nSPS) is 28.4. The van der Waals surface area contributed by atoms with E-state index in [0.717, 1.165) is 31.4 Å². The molecule has 1 aromatic carbocycles. The third-order valence-electron chi connectivity index (χ3n) is 4.17. The van der Waals surface area contributed by atoms with Crippen LogP contribution in [-0.4, -0.2) is 0 Å². The molecule has 2 atom stereocenters. The lowest BCUT2D eigenvalue weighted by molar-refractivity contribution is -0.140. The summed E-state index contributed by atoms with van der Waals surface area (Å²) in [6.45, 7) is 1.94. The smallest absolute Gasteiger partial charge is 0.321 e. The summed E-state index contributed by atoms with van der Waals surface area (Å²) >= 11 is 0. The lowest BCUT2D eigenvalue weighted by Gasteiger charge is -2.40. The van der Waals surface area contributed by atoms with Crippen molar-refractivity contribution >= 4 is 0 Å². The van der Waals surface area contributed by atoms with Crippen LogP contribution in [0.25, 0.3) is 0 Å². The Morgan fingerprint density at radius 3 is 2.53 bits per heavy atom. The summed E-state index contributed by atoms with van der Waals surface area (Å²) in [6.07, 6.45) is -1.24. The van der Waals surface area contributed by atoms with Gasteiger partial charge in [-0.2, -0.15) is 13.2 Å². The second kappa shape index (κ2) is 4.78. The molecule has 1 fully saturated rings. The number of benzene rings is 1. The van der Waals surface area contributed by atoms with Crippen molar-refractivity contribution in [2.75, 3.05) is 0 Å². The molecule has 1 saturated carbocycles. The van der Waals surface area contributed by atoms with Gasteiger partial charge in [-0.05, 0) is 36.5 Å². The van der Waals surface area contributed by atoms with E-state index in [0.29, 0.717) is 12.0 Å². The van der Waals surface area contributed by atoms with Gasteiger partial charge in [-0.25, -0.2) is 4.39 Å². The minimum atomic E-state index is -4.69. The molecule has 1 nitrogen and oxygen atoms in total. The van der Waals surface area contributed by atoms with Crippen molar-refractivity contribution in [1.29, 1.82) is 0 Å². The van der Waals surface area contributed by atoms with Gasteiger partial charge < -0.3 is 5.73 Å². The summed E-state index contributed by atoms with van der Waals surface area (Å²) in [5.74, 6) is -1.16. The third kappa shape index (κ3) is 2.61. The standard InChI is InChI=1S/C14H17F4N/c1-9-4-2-3-7-13(9,19)10-5-6-12(15)11(8-10)14(16,17)18/h5-6,8-9H,2-4,7,19H2,1H3. The van der Waals surface area contributed by atoms with E-state index in [1.807, 2.05) is 6.92 Å². The van der Waals surface area contributed by atoms with Crippen LogP contribution in [0, 0.1) is 11.7 Å². The van der Waals surface area contributed by atoms with Crippen LogP contribution in [0.15, 0.2) is 18.2 Å². The second-order valence-electron chi connectivity index (χ2n) is 5.38. The summed E-state index contributed by atoms with van der Waals surface area (Å²) in [7, 11) is 0. The average molecular weight is 275 g/mol. The molecule has 5 heteroatoms. The minimum absolute atomic E-state index is 0.0906. The van der Waals surface area contributed by atoms with Crippen LogP contribution < -0.4 is 5.73 Å². The van der Waals surface area contributed by atoms with Crippen LogP contribution in [-0.2, 0) is 11.7 Å². The predicted octanol–water partition coefficient (Wildman–Crippen LogP) is 4.21. The van der Waals surface area contributed by atoms with E-state index < -0.39 is 23.1 Å². The fraction of sp³-hybridized carbons (Fsp3) is 0.571. The Hall–Kier alpha value is -1.10. The highest BCUT2D eigenvalue weighted by Gasteiger charge is 2.39. The maximum atomic E-state index is 13.3. The molecule has 0 aliphatic heterocycles. The van der Waals surface area contributed by atoms with E-state index in [-0.39, 0.29) is 5.92 Å². The molecule has 19 heavy (non-hydrogen) atoms. The van der Waals surface area contributed by atoms with E-state index >= 15 is 0 Å². The summed E-state index contributed by atoms with van der Waals surface area (Å²) in [5.41, 5.74) is 4.66. The first-order valence-electron chi connectivity index (χ1n) is 6.41. The topological polar surface area (TPSA) is 26.0 Å². The molecular weight excluding hydrogens is 258 g/mol. The van der Waals surface area contributed by atoms with Crippen LogP contribution in [0.3, 0.4) is 0 Å². The number of halogens is 4. The van der Waals surface area contributed by atoms with Gasteiger partial charge in [-0.3, -0.25) is 0 Å². The molecular formula is C14H17F4N. The minimum Gasteiger partial charge on any atom is -0.321 e. The molecule has 0 heterocycles. The second-order valence-corrected chi connectivity index (χ2v) is 5.38. The quantitative estimate of drug-likeness (QED) is 0.763. The number of alkyl halides is 3. The summed E-state index contributed by atoms with van der Waals surface area (Å²) in [6, 6.07) is 3.12. The zero-order chi connectivity index (χ0) is 14.3. The van der Waals surface area contributed by atoms with Gasteiger partial charge in [0.1, 0.15) is 5.82 Å². The molecule has 2 unspecified atom stereocenters. The Balaban J connectivity index is 2.46. The molecule has 2 N–H and O–H groups in total. The Morgan fingerprint density at radius 1 is 1.26 bits per heavy atom. The summed E-state index contributed by atoms with van der Waals surface area (Å²) in [4.78, 5) is 0. The number of rotatable bonds is 1. The Kier molecular flexibility index (Phi) is 3.60. The average Bonchev–Trinajstić information content (AvgIpc) is 2.32. The Morgan fingerprint density at radius 2 is 1.95 bits per heavy atom. The maximum Gasteiger partial charge on any atom is 0.419 e. The van der Waals surface area contributed by atoms with Crippen LogP contribution in [0.5, 0.6) is 0 Å². The zero-order valence-corrected chi connectivity index (χ0v) is 10.7. The predicted molar refractivity (Wildman–Crippen MR) is 64.9 cm³/mol. The summed E-state index contributed by atoms with van der Waals surface area (Å²) < 4.78 is 51.5. The Bertz CT molecular complexity index is 469. The van der Waals surface area contributed by atoms with E-state index in [2.05, 4.69) is 0 Å². The highest BCUT2D eigenvalue weighted by atomic mass is 19.4. The lowest BCUT2D eigenvalue weighted by atomic mass is 9.70. The first-order valence-corrected chi connectivity index (χ1v) is 6.41.